The van der Waals surface area contributed by atoms with E-state index in [9.17, 15) is 4.79 Å². The van der Waals surface area contributed by atoms with E-state index in [2.05, 4.69) is 0 Å². The van der Waals surface area contributed by atoms with E-state index in [-0.39, 0.29) is 5.78 Å². The van der Waals surface area contributed by atoms with Gasteiger partial charge in [-0.05, 0) is 44.2 Å². The molecule has 0 heterocycles. The van der Waals surface area contributed by atoms with E-state index in [0.29, 0.717) is 10.6 Å². The molecule has 0 radical (unpaired) electrons. The molecule has 0 aliphatic carbocycles. The number of hydrogen-bond donors (Lipinski definition) is 0. The maximum Gasteiger partial charge on any atom is 0.185 e. The zero-order chi connectivity index (χ0) is 11.3. The second kappa shape index (κ2) is 5.52. The molecule has 0 aliphatic heterocycles. The van der Waals surface area contributed by atoms with Gasteiger partial charge in [0.05, 0.1) is 0 Å². The van der Waals surface area contributed by atoms with Gasteiger partial charge in [0.15, 0.2) is 5.78 Å². The smallest absolute Gasteiger partial charge is 0.185 e. The first-order valence-electron chi connectivity index (χ1n) is 4.71. The maximum absolute atomic E-state index is 11.6. The Labute approximate surface area is 95.1 Å². The fourth-order valence-electron chi connectivity index (χ4n) is 1.04. The largest absolute Gasteiger partial charge is 0.289 e. The molecule has 0 aromatic heterocycles. The van der Waals surface area contributed by atoms with Crippen molar-refractivity contribution < 1.29 is 4.79 Å². The van der Waals surface area contributed by atoms with Crippen molar-refractivity contribution in [3.8, 4) is 0 Å². The normalized spacial score (nSPS) is 10.3. The summed E-state index contributed by atoms with van der Waals surface area (Å²) in [7, 11) is 0. The van der Waals surface area contributed by atoms with Gasteiger partial charge in [-0.3, -0.25) is 4.79 Å². The van der Waals surface area contributed by atoms with Crippen LogP contribution in [0.2, 0.25) is 5.02 Å². The number of benzene rings is 1. The molecule has 0 amide bonds. The van der Waals surface area contributed by atoms with Crippen LogP contribution in [0.5, 0.6) is 0 Å². The summed E-state index contributed by atoms with van der Waals surface area (Å²) in [5, 5.41) is 0.639. The van der Waals surface area contributed by atoms with Gasteiger partial charge in [0.25, 0.3) is 0 Å². The maximum atomic E-state index is 11.6. The second-order valence-electron chi connectivity index (χ2n) is 3.47. The minimum atomic E-state index is -0.0100. The Kier molecular flexibility index (Phi) is 4.32. The molecule has 0 bridgehead atoms. The average Bonchev–Trinajstić information content (AvgIpc) is 2.18. The number of halogens is 1. The van der Waals surface area contributed by atoms with Crippen LogP contribution in [0.1, 0.15) is 24.2 Å². The number of hydrogen-bond acceptors (Lipinski definition) is 1. The predicted octanol–water partition coefficient (Wildman–Crippen LogP) is 4.05. The summed E-state index contributed by atoms with van der Waals surface area (Å²) < 4.78 is 0. The van der Waals surface area contributed by atoms with Crippen LogP contribution in [0.3, 0.4) is 0 Å². The van der Waals surface area contributed by atoms with Crippen molar-refractivity contribution in [3.05, 3.63) is 58.7 Å². The zero-order valence-corrected chi connectivity index (χ0v) is 9.58. The summed E-state index contributed by atoms with van der Waals surface area (Å²) in [5.41, 5.74) is 1.81. The van der Waals surface area contributed by atoms with Crippen LogP contribution in [-0.2, 0) is 0 Å². The lowest BCUT2D eigenvalue weighted by molar-refractivity contribution is 0.104. The quantitative estimate of drug-likeness (QED) is 0.427. The van der Waals surface area contributed by atoms with Gasteiger partial charge in [-0.25, -0.2) is 0 Å². The third kappa shape index (κ3) is 4.13. The van der Waals surface area contributed by atoms with Gasteiger partial charge in [-0.15, -0.1) is 0 Å². The SMILES string of the molecule is CC(C)=CC=CC(=O)c1ccc(Cl)cc1. The van der Waals surface area contributed by atoms with E-state index in [1.54, 1.807) is 36.4 Å². The van der Waals surface area contributed by atoms with Gasteiger partial charge in [-0.1, -0.05) is 29.3 Å². The Bertz CT molecular complexity index is 395. The van der Waals surface area contributed by atoms with E-state index in [1.807, 2.05) is 19.9 Å². The lowest BCUT2D eigenvalue weighted by atomic mass is 10.1. The van der Waals surface area contributed by atoms with Crippen molar-refractivity contribution in [1.29, 1.82) is 0 Å². The van der Waals surface area contributed by atoms with Crippen LogP contribution < -0.4 is 0 Å². The van der Waals surface area contributed by atoms with Crippen LogP contribution in [0.4, 0.5) is 0 Å². The Hall–Kier alpha value is -1.34. The highest BCUT2D eigenvalue weighted by molar-refractivity contribution is 6.30. The Balaban J connectivity index is 2.74. The highest BCUT2D eigenvalue weighted by Gasteiger charge is 1.99. The summed E-state index contributed by atoms with van der Waals surface area (Å²) in [5.74, 6) is -0.0100. The van der Waals surface area contributed by atoms with Crippen molar-refractivity contribution >= 4 is 17.4 Å². The van der Waals surface area contributed by atoms with Crippen molar-refractivity contribution in [2.24, 2.45) is 0 Å². The molecule has 0 aliphatic rings. The highest BCUT2D eigenvalue weighted by atomic mass is 35.5. The molecule has 1 aromatic carbocycles. The third-order valence-corrected chi connectivity index (χ3v) is 2.06. The minimum Gasteiger partial charge on any atom is -0.289 e. The number of carbonyl (C=O) groups is 1. The fraction of sp³-hybridized carbons (Fsp3) is 0.154. The molecule has 15 heavy (non-hydrogen) atoms. The molecule has 0 spiro atoms. The van der Waals surface area contributed by atoms with Crippen molar-refractivity contribution in [2.45, 2.75) is 13.8 Å². The van der Waals surface area contributed by atoms with Crippen LogP contribution in [-0.4, -0.2) is 5.78 Å². The molecule has 0 fully saturated rings. The topological polar surface area (TPSA) is 17.1 Å². The van der Waals surface area contributed by atoms with E-state index in [1.165, 1.54) is 0 Å². The van der Waals surface area contributed by atoms with Crippen LogP contribution >= 0.6 is 11.6 Å². The van der Waals surface area contributed by atoms with E-state index in [0.717, 1.165) is 5.57 Å². The summed E-state index contributed by atoms with van der Waals surface area (Å²) in [6.45, 7) is 3.97. The van der Waals surface area contributed by atoms with Crippen molar-refractivity contribution in [2.75, 3.05) is 0 Å². The first-order chi connectivity index (χ1) is 7.09. The molecule has 0 N–H and O–H groups in total. The summed E-state index contributed by atoms with van der Waals surface area (Å²) >= 11 is 5.72. The standard InChI is InChI=1S/C13H13ClO/c1-10(2)4-3-5-13(15)11-6-8-12(14)9-7-11/h3-9H,1-2H3. The fourth-order valence-corrected chi connectivity index (χ4v) is 1.16. The Morgan fingerprint density at radius 2 is 1.80 bits per heavy atom. The molecule has 0 unspecified atom stereocenters. The Morgan fingerprint density at radius 3 is 2.33 bits per heavy atom. The predicted molar refractivity (Wildman–Crippen MR) is 64.4 cm³/mol. The molecule has 0 saturated heterocycles. The van der Waals surface area contributed by atoms with Crippen LogP contribution in [0.15, 0.2) is 48.1 Å². The van der Waals surface area contributed by atoms with Gasteiger partial charge in [-0.2, -0.15) is 0 Å². The lowest BCUT2D eigenvalue weighted by Gasteiger charge is -1.94. The summed E-state index contributed by atoms with van der Waals surface area (Å²) in [6.07, 6.45) is 5.20. The van der Waals surface area contributed by atoms with Gasteiger partial charge < -0.3 is 0 Å². The van der Waals surface area contributed by atoms with Crippen LogP contribution in [0.25, 0.3) is 0 Å². The average molecular weight is 221 g/mol. The van der Waals surface area contributed by atoms with E-state index in [4.69, 9.17) is 11.6 Å². The first-order valence-corrected chi connectivity index (χ1v) is 5.09. The number of rotatable bonds is 3. The van der Waals surface area contributed by atoms with E-state index >= 15 is 0 Å². The third-order valence-electron chi connectivity index (χ3n) is 1.81. The van der Waals surface area contributed by atoms with Gasteiger partial charge in [0.2, 0.25) is 0 Å². The zero-order valence-electron chi connectivity index (χ0n) is 8.83. The van der Waals surface area contributed by atoms with Crippen LogP contribution in [0, 0.1) is 0 Å². The van der Waals surface area contributed by atoms with E-state index < -0.39 is 0 Å². The highest BCUT2D eigenvalue weighted by Crippen LogP contribution is 2.10. The number of allylic oxidation sites excluding steroid dienone is 4. The molecule has 1 rings (SSSR count). The van der Waals surface area contributed by atoms with Gasteiger partial charge in [0.1, 0.15) is 0 Å². The molecule has 78 valence electrons. The molecule has 1 aromatic rings. The lowest BCUT2D eigenvalue weighted by Crippen LogP contribution is -1.92. The molecular weight excluding hydrogens is 208 g/mol. The number of ketones is 1. The second-order valence-corrected chi connectivity index (χ2v) is 3.91. The molecule has 1 nitrogen and oxygen atoms in total. The summed E-state index contributed by atoms with van der Waals surface area (Å²) in [4.78, 5) is 11.6. The van der Waals surface area contributed by atoms with Gasteiger partial charge >= 0.3 is 0 Å². The van der Waals surface area contributed by atoms with Crippen molar-refractivity contribution in [3.63, 3.8) is 0 Å². The summed E-state index contributed by atoms with van der Waals surface area (Å²) in [6, 6.07) is 6.86. The first kappa shape index (κ1) is 11.7. The van der Waals surface area contributed by atoms with Gasteiger partial charge in [0, 0.05) is 10.6 Å². The molecular formula is C13H13ClO. The van der Waals surface area contributed by atoms with Crippen molar-refractivity contribution in [1.82, 2.24) is 0 Å². The molecule has 0 saturated carbocycles. The molecule has 0 atom stereocenters. The minimum absolute atomic E-state index is 0.0100. The molecule has 2 heteroatoms. The Morgan fingerprint density at radius 1 is 1.20 bits per heavy atom. The number of carbonyl (C=O) groups excluding carboxylic acids is 1. The monoisotopic (exact) mass is 220 g/mol.